The smallest absolute Gasteiger partial charge is 0.225 e. The Kier molecular flexibility index (Phi) is 5.26. The van der Waals surface area contributed by atoms with Gasteiger partial charge in [-0.2, -0.15) is 0 Å². The van der Waals surface area contributed by atoms with Crippen LogP contribution in [0.1, 0.15) is 44.9 Å². The number of carbonyl (C=O) groups excluding carboxylic acids is 1. The molecule has 0 aromatic carbocycles. The van der Waals surface area contributed by atoms with Gasteiger partial charge in [0, 0.05) is 26.2 Å². The van der Waals surface area contributed by atoms with E-state index in [9.17, 15) is 15.0 Å². The van der Waals surface area contributed by atoms with Crippen LogP contribution in [0.4, 0.5) is 0 Å². The average molecular weight is 326 g/mol. The van der Waals surface area contributed by atoms with E-state index in [-0.39, 0.29) is 12.3 Å². The Labute approximate surface area is 138 Å². The second-order valence-electron chi connectivity index (χ2n) is 7.64. The molecule has 1 saturated carbocycles. The van der Waals surface area contributed by atoms with Gasteiger partial charge in [0.2, 0.25) is 5.91 Å². The van der Waals surface area contributed by atoms with Gasteiger partial charge in [-0.05, 0) is 19.3 Å². The summed E-state index contributed by atoms with van der Waals surface area (Å²) in [6, 6.07) is 0. The Bertz CT molecular complexity index is 419. The summed E-state index contributed by atoms with van der Waals surface area (Å²) in [6.45, 7) is 4.70. The predicted octanol–water partition coefficient (Wildman–Crippen LogP) is 0.367. The second kappa shape index (κ2) is 7.05. The molecular weight excluding hydrogens is 296 g/mol. The van der Waals surface area contributed by atoms with Gasteiger partial charge in [0.1, 0.15) is 0 Å². The molecule has 2 aliphatic heterocycles. The number of likely N-dealkylation sites (tertiary alicyclic amines) is 1. The molecule has 2 saturated heterocycles. The van der Waals surface area contributed by atoms with Crippen molar-refractivity contribution in [3.63, 3.8) is 0 Å². The van der Waals surface area contributed by atoms with Gasteiger partial charge in [-0.15, -0.1) is 0 Å². The highest BCUT2D eigenvalue weighted by atomic mass is 16.5. The Morgan fingerprint density at radius 2 is 1.65 bits per heavy atom. The predicted molar refractivity (Wildman–Crippen MR) is 86.1 cm³/mol. The van der Waals surface area contributed by atoms with Crippen molar-refractivity contribution in [1.29, 1.82) is 0 Å². The minimum Gasteiger partial charge on any atom is -0.389 e. The van der Waals surface area contributed by atoms with Crippen molar-refractivity contribution in [2.75, 3.05) is 45.9 Å². The number of ether oxygens (including phenoxy) is 1. The van der Waals surface area contributed by atoms with Gasteiger partial charge < -0.3 is 19.8 Å². The topological polar surface area (TPSA) is 73.2 Å². The zero-order chi connectivity index (χ0) is 16.3. The number of aliphatic hydroxyl groups is 2. The van der Waals surface area contributed by atoms with Crippen molar-refractivity contribution < 1.29 is 19.7 Å². The Morgan fingerprint density at radius 3 is 2.35 bits per heavy atom. The minimum absolute atomic E-state index is 0.00713. The van der Waals surface area contributed by atoms with Crippen molar-refractivity contribution in [2.45, 2.75) is 56.1 Å². The lowest BCUT2D eigenvalue weighted by atomic mass is 9.82. The largest absolute Gasteiger partial charge is 0.389 e. The van der Waals surface area contributed by atoms with E-state index in [1.165, 1.54) is 0 Å². The van der Waals surface area contributed by atoms with Gasteiger partial charge in [0.05, 0.1) is 37.4 Å². The quantitative estimate of drug-likeness (QED) is 0.781. The van der Waals surface area contributed by atoms with Gasteiger partial charge in [-0.3, -0.25) is 9.69 Å². The fourth-order valence-corrected chi connectivity index (χ4v) is 4.15. The van der Waals surface area contributed by atoms with E-state index in [1.54, 1.807) is 4.90 Å². The number of rotatable bonds is 4. The summed E-state index contributed by atoms with van der Waals surface area (Å²) in [6.07, 6.45) is 5.44. The van der Waals surface area contributed by atoms with Crippen LogP contribution < -0.4 is 0 Å². The van der Waals surface area contributed by atoms with Crippen LogP contribution in [0.3, 0.4) is 0 Å². The van der Waals surface area contributed by atoms with Crippen molar-refractivity contribution in [2.24, 2.45) is 0 Å². The molecule has 1 unspecified atom stereocenters. The molecule has 6 nitrogen and oxygen atoms in total. The molecule has 3 fully saturated rings. The minimum atomic E-state index is -0.819. The molecule has 23 heavy (non-hydrogen) atoms. The second-order valence-corrected chi connectivity index (χ2v) is 7.64. The molecule has 0 radical (unpaired) electrons. The number of morpholine rings is 1. The van der Waals surface area contributed by atoms with Crippen LogP contribution in [0, 0.1) is 0 Å². The normalized spacial score (nSPS) is 32.2. The van der Waals surface area contributed by atoms with E-state index in [4.69, 9.17) is 4.74 Å². The van der Waals surface area contributed by atoms with Crippen LogP contribution in [0.25, 0.3) is 0 Å². The fourth-order valence-electron chi connectivity index (χ4n) is 4.15. The van der Waals surface area contributed by atoms with Gasteiger partial charge in [-0.25, -0.2) is 0 Å². The first-order valence-corrected chi connectivity index (χ1v) is 9.01. The molecule has 3 aliphatic rings. The number of hydrogen-bond acceptors (Lipinski definition) is 5. The zero-order valence-electron chi connectivity index (χ0n) is 14.0. The summed E-state index contributed by atoms with van der Waals surface area (Å²) in [5.41, 5.74) is -1.64. The van der Waals surface area contributed by atoms with Crippen molar-refractivity contribution in [1.82, 2.24) is 9.80 Å². The molecule has 3 rings (SSSR count). The zero-order valence-corrected chi connectivity index (χ0v) is 14.0. The molecule has 2 N–H and O–H groups in total. The van der Waals surface area contributed by atoms with Crippen molar-refractivity contribution in [3.8, 4) is 0 Å². The third-order valence-corrected chi connectivity index (χ3v) is 5.57. The van der Waals surface area contributed by atoms with Crippen LogP contribution in [-0.2, 0) is 9.53 Å². The highest BCUT2D eigenvalue weighted by Crippen LogP contribution is 2.32. The molecule has 0 aromatic heterocycles. The molecule has 132 valence electrons. The summed E-state index contributed by atoms with van der Waals surface area (Å²) in [5.74, 6) is -0.00713. The number of hydrogen-bond donors (Lipinski definition) is 2. The number of nitrogens with zero attached hydrogens (tertiary/aromatic N) is 2. The molecule has 1 atom stereocenters. The molecule has 0 spiro atoms. The summed E-state index contributed by atoms with van der Waals surface area (Å²) in [5, 5.41) is 21.4. The molecule has 2 heterocycles. The van der Waals surface area contributed by atoms with Gasteiger partial charge in [0.15, 0.2) is 0 Å². The van der Waals surface area contributed by atoms with Crippen LogP contribution in [0.15, 0.2) is 0 Å². The monoisotopic (exact) mass is 326 g/mol. The summed E-state index contributed by atoms with van der Waals surface area (Å²) >= 11 is 0. The third kappa shape index (κ3) is 4.44. The molecule has 6 heteroatoms. The maximum Gasteiger partial charge on any atom is 0.225 e. The Hall–Kier alpha value is -0.690. The van der Waals surface area contributed by atoms with Crippen LogP contribution in [-0.4, -0.2) is 83.1 Å². The average Bonchev–Trinajstić information content (AvgIpc) is 2.91. The summed E-state index contributed by atoms with van der Waals surface area (Å²) < 4.78 is 5.34. The lowest BCUT2D eigenvalue weighted by Crippen LogP contribution is -2.49. The maximum atomic E-state index is 12.5. The van der Waals surface area contributed by atoms with Gasteiger partial charge in [0.25, 0.3) is 0 Å². The SMILES string of the molecule is O=C(CC1(O)CCCCC1)N1CCC(O)(CN2CCOCC2)C1. The lowest BCUT2D eigenvalue weighted by molar-refractivity contribution is -0.138. The van der Waals surface area contributed by atoms with Gasteiger partial charge in [-0.1, -0.05) is 19.3 Å². The van der Waals surface area contributed by atoms with Crippen LogP contribution >= 0.6 is 0 Å². The number of β-amino-alcohol motifs (C(OH)–C–C–N with tert-alkyl or cyclic N) is 1. The van der Waals surface area contributed by atoms with Crippen LogP contribution in [0.2, 0.25) is 0 Å². The third-order valence-electron chi connectivity index (χ3n) is 5.57. The Morgan fingerprint density at radius 1 is 0.957 bits per heavy atom. The molecule has 0 bridgehead atoms. The van der Waals surface area contributed by atoms with Crippen molar-refractivity contribution >= 4 is 5.91 Å². The van der Waals surface area contributed by atoms with Crippen molar-refractivity contribution in [3.05, 3.63) is 0 Å². The first kappa shape index (κ1) is 17.1. The lowest BCUT2D eigenvalue weighted by Gasteiger charge is -2.34. The van der Waals surface area contributed by atoms with E-state index in [2.05, 4.69) is 4.90 Å². The Balaban J connectivity index is 1.50. The molecular formula is C17H30N2O4. The van der Waals surface area contributed by atoms with E-state index in [0.29, 0.717) is 39.3 Å². The number of amides is 1. The van der Waals surface area contributed by atoms with E-state index in [0.717, 1.165) is 45.2 Å². The first-order chi connectivity index (χ1) is 11.0. The van der Waals surface area contributed by atoms with Crippen LogP contribution in [0.5, 0.6) is 0 Å². The summed E-state index contributed by atoms with van der Waals surface area (Å²) in [4.78, 5) is 16.5. The molecule has 1 aliphatic carbocycles. The first-order valence-electron chi connectivity index (χ1n) is 9.01. The van der Waals surface area contributed by atoms with Gasteiger partial charge >= 0.3 is 0 Å². The highest BCUT2D eigenvalue weighted by molar-refractivity contribution is 5.77. The van der Waals surface area contributed by atoms with E-state index < -0.39 is 11.2 Å². The van der Waals surface area contributed by atoms with E-state index >= 15 is 0 Å². The summed E-state index contributed by atoms with van der Waals surface area (Å²) in [7, 11) is 0. The van der Waals surface area contributed by atoms with E-state index in [1.807, 2.05) is 0 Å². The molecule has 0 aromatic rings. The number of carbonyl (C=O) groups is 1. The standard InChI is InChI=1S/C17H30N2O4/c20-15(12-16(21)4-2-1-3-5-16)19-7-6-17(22,14-19)13-18-8-10-23-11-9-18/h21-22H,1-14H2. The fraction of sp³-hybridized carbons (Fsp3) is 0.941. The maximum absolute atomic E-state index is 12.5. The highest BCUT2D eigenvalue weighted by Gasteiger charge is 2.41. The molecule has 1 amide bonds.